The summed E-state index contributed by atoms with van der Waals surface area (Å²) in [6.45, 7) is 15.6. The van der Waals surface area contributed by atoms with Crippen LogP contribution in [0, 0.1) is 0 Å². The van der Waals surface area contributed by atoms with E-state index in [9.17, 15) is 5.11 Å². The molecule has 0 spiro atoms. The van der Waals surface area contributed by atoms with Gasteiger partial charge in [-0.05, 0) is 52.0 Å². The third kappa shape index (κ3) is 5.17. The van der Waals surface area contributed by atoms with E-state index in [1.54, 1.807) is 5.56 Å². The van der Waals surface area contributed by atoms with Crippen molar-refractivity contribution in [1.29, 1.82) is 0 Å². The Hall–Kier alpha value is -1.19. The minimum absolute atomic E-state index is 0.0423. The molecule has 0 saturated heterocycles. The first kappa shape index (κ1) is 21.1. The van der Waals surface area contributed by atoms with Gasteiger partial charge in [0, 0.05) is 10.5 Å². The van der Waals surface area contributed by atoms with Crippen LogP contribution in [0.2, 0.25) is 0 Å². The Kier molecular flexibility index (Phi) is 7.03. The van der Waals surface area contributed by atoms with Crippen molar-refractivity contribution < 1.29 is 5.11 Å². The first-order valence-corrected chi connectivity index (χ1v) is 11.6. The second-order valence-corrected chi connectivity index (χ2v) is 11.3. The highest BCUT2D eigenvalue weighted by Crippen LogP contribution is 2.34. The van der Waals surface area contributed by atoms with Crippen LogP contribution in [0.1, 0.15) is 77.0 Å². The second-order valence-electron chi connectivity index (χ2n) is 8.51. The summed E-state index contributed by atoms with van der Waals surface area (Å²) in [5, 5.41) is 12.7. The molecule has 0 amide bonds. The van der Waals surface area contributed by atoms with Gasteiger partial charge in [0.15, 0.2) is 0 Å². The Balaban J connectivity index is 2.15. The van der Waals surface area contributed by atoms with Crippen LogP contribution in [0.4, 0.5) is 0 Å². The maximum atomic E-state index is 10.1. The molecule has 0 saturated carbocycles. The number of benzene rings is 2. The number of aromatic hydroxyl groups is 1. The summed E-state index contributed by atoms with van der Waals surface area (Å²) in [6.07, 6.45) is 0. The molecule has 2 radical (unpaired) electrons. The van der Waals surface area contributed by atoms with Crippen molar-refractivity contribution in [3.8, 4) is 5.75 Å². The standard InChI is InChI=1S/C23H32OSSi/c1-15(2)18-9-8-10-21(22(18)16(3)4)26-14-25-17-11-12-20(24)19(13-17)23(5,6)7/h8-13,15-16,24H,14H2,1-7H3. The third-order valence-corrected chi connectivity index (χ3v) is 7.18. The normalized spacial score (nSPS) is 12.2. The third-order valence-electron chi connectivity index (χ3n) is 4.62. The van der Waals surface area contributed by atoms with Crippen LogP contribution >= 0.6 is 11.8 Å². The topological polar surface area (TPSA) is 20.2 Å². The van der Waals surface area contributed by atoms with E-state index in [0.29, 0.717) is 17.6 Å². The van der Waals surface area contributed by atoms with Crippen LogP contribution in [0.15, 0.2) is 41.3 Å². The van der Waals surface area contributed by atoms with Gasteiger partial charge in [0.2, 0.25) is 0 Å². The van der Waals surface area contributed by atoms with Crippen molar-refractivity contribution in [2.75, 3.05) is 5.38 Å². The van der Waals surface area contributed by atoms with Gasteiger partial charge in [0.1, 0.15) is 5.75 Å². The average Bonchev–Trinajstić information content (AvgIpc) is 2.54. The molecule has 3 heteroatoms. The Morgan fingerprint density at radius 3 is 2.27 bits per heavy atom. The summed E-state index contributed by atoms with van der Waals surface area (Å²) in [4.78, 5) is 1.24. The van der Waals surface area contributed by atoms with E-state index in [2.05, 4.69) is 72.7 Å². The van der Waals surface area contributed by atoms with Gasteiger partial charge in [-0.2, -0.15) is 0 Å². The van der Waals surface area contributed by atoms with Gasteiger partial charge in [0.05, 0.1) is 9.52 Å². The SMILES string of the molecule is CC(C)c1cccc([Si]CSc2ccc(O)c(C(C)(C)C)c2)c1C(C)C. The fourth-order valence-electron chi connectivity index (χ4n) is 3.29. The Morgan fingerprint density at radius 1 is 1.00 bits per heavy atom. The van der Waals surface area contributed by atoms with Gasteiger partial charge in [-0.15, -0.1) is 11.8 Å². The first-order chi connectivity index (χ1) is 12.1. The molecular formula is C23H32OSSi. The summed E-state index contributed by atoms with van der Waals surface area (Å²) >= 11 is 1.89. The van der Waals surface area contributed by atoms with Crippen LogP contribution < -0.4 is 5.19 Å². The van der Waals surface area contributed by atoms with Gasteiger partial charge < -0.3 is 5.11 Å². The summed E-state index contributed by atoms with van der Waals surface area (Å²) in [7, 11) is 0.792. The van der Waals surface area contributed by atoms with E-state index in [-0.39, 0.29) is 5.41 Å². The summed E-state index contributed by atoms with van der Waals surface area (Å²) < 4.78 is 0. The van der Waals surface area contributed by atoms with Crippen molar-refractivity contribution in [3.05, 3.63) is 53.1 Å². The summed E-state index contributed by atoms with van der Waals surface area (Å²) in [5.41, 5.74) is 4.02. The second kappa shape index (κ2) is 8.66. The fraction of sp³-hybridized carbons (Fsp3) is 0.478. The molecule has 0 bridgehead atoms. The molecule has 0 atom stereocenters. The molecule has 0 fully saturated rings. The highest BCUT2D eigenvalue weighted by atomic mass is 32.2. The average molecular weight is 385 g/mol. The number of thioether (sulfide) groups is 1. The molecular weight excluding hydrogens is 352 g/mol. The molecule has 0 aliphatic carbocycles. The van der Waals surface area contributed by atoms with Crippen LogP contribution in [0.3, 0.4) is 0 Å². The van der Waals surface area contributed by atoms with Crippen molar-refractivity contribution in [1.82, 2.24) is 0 Å². The van der Waals surface area contributed by atoms with E-state index in [4.69, 9.17) is 0 Å². The number of phenols is 1. The maximum Gasteiger partial charge on any atom is 0.119 e. The smallest absolute Gasteiger partial charge is 0.119 e. The predicted octanol–water partition coefficient (Wildman–Crippen LogP) is 6.02. The number of rotatable bonds is 6. The number of phenolic OH excluding ortho intramolecular Hbond substituents is 1. The van der Waals surface area contributed by atoms with Crippen molar-refractivity contribution in [2.24, 2.45) is 0 Å². The van der Waals surface area contributed by atoms with Gasteiger partial charge >= 0.3 is 0 Å². The van der Waals surface area contributed by atoms with E-state index < -0.39 is 0 Å². The predicted molar refractivity (Wildman–Crippen MR) is 118 cm³/mol. The van der Waals surface area contributed by atoms with Crippen LogP contribution in [-0.4, -0.2) is 20.0 Å². The molecule has 0 aromatic heterocycles. The van der Waals surface area contributed by atoms with Gasteiger partial charge in [-0.3, -0.25) is 0 Å². The van der Waals surface area contributed by atoms with Crippen LogP contribution in [0.5, 0.6) is 5.75 Å². The van der Waals surface area contributed by atoms with Crippen LogP contribution in [0.25, 0.3) is 0 Å². The summed E-state index contributed by atoms with van der Waals surface area (Å²) in [5.74, 6) is 1.52. The van der Waals surface area contributed by atoms with E-state index in [0.717, 1.165) is 20.5 Å². The monoisotopic (exact) mass is 384 g/mol. The number of hydrogen-bond donors (Lipinski definition) is 1. The lowest BCUT2D eigenvalue weighted by atomic mass is 9.86. The zero-order chi connectivity index (χ0) is 19.5. The lowest BCUT2D eigenvalue weighted by Gasteiger charge is -2.21. The van der Waals surface area contributed by atoms with Gasteiger partial charge in [-0.25, -0.2) is 0 Å². The Bertz CT molecular complexity index is 744. The minimum atomic E-state index is -0.0423. The molecule has 0 unspecified atom stereocenters. The zero-order valence-electron chi connectivity index (χ0n) is 17.2. The molecule has 0 aliphatic heterocycles. The first-order valence-electron chi connectivity index (χ1n) is 9.44. The Labute approximate surface area is 166 Å². The van der Waals surface area contributed by atoms with Crippen molar-refractivity contribution in [2.45, 2.75) is 70.6 Å². The largest absolute Gasteiger partial charge is 0.508 e. The van der Waals surface area contributed by atoms with E-state index >= 15 is 0 Å². The Morgan fingerprint density at radius 2 is 1.69 bits per heavy atom. The lowest BCUT2D eigenvalue weighted by Crippen LogP contribution is -2.24. The van der Waals surface area contributed by atoms with E-state index in [1.165, 1.54) is 15.6 Å². The summed E-state index contributed by atoms with van der Waals surface area (Å²) in [6, 6.07) is 12.8. The minimum Gasteiger partial charge on any atom is -0.508 e. The van der Waals surface area contributed by atoms with Gasteiger partial charge in [-0.1, -0.05) is 71.9 Å². The highest BCUT2D eigenvalue weighted by Gasteiger charge is 2.19. The highest BCUT2D eigenvalue weighted by molar-refractivity contribution is 8.00. The zero-order valence-corrected chi connectivity index (χ0v) is 19.0. The maximum absolute atomic E-state index is 10.1. The molecule has 0 heterocycles. The fourth-order valence-corrected chi connectivity index (χ4v) is 6.07. The molecule has 2 aromatic rings. The molecule has 1 N–H and O–H groups in total. The molecule has 0 aliphatic rings. The molecule has 26 heavy (non-hydrogen) atoms. The van der Waals surface area contributed by atoms with Crippen molar-refractivity contribution in [3.63, 3.8) is 0 Å². The molecule has 1 nitrogen and oxygen atoms in total. The van der Waals surface area contributed by atoms with Crippen LogP contribution in [-0.2, 0) is 5.41 Å². The molecule has 140 valence electrons. The lowest BCUT2D eigenvalue weighted by molar-refractivity contribution is 0.446. The number of hydrogen-bond acceptors (Lipinski definition) is 2. The molecule has 2 rings (SSSR count). The van der Waals surface area contributed by atoms with Crippen molar-refractivity contribution >= 4 is 26.5 Å². The van der Waals surface area contributed by atoms with E-state index in [1.807, 2.05) is 23.9 Å². The quantitative estimate of drug-likeness (QED) is 0.486. The molecule has 2 aromatic carbocycles. The van der Waals surface area contributed by atoms with Gasteiger partial charge in [0.25, 0.3) is 0 Å².